The van der Waals surface area contributed by atoms with Crippen molar-refractivity contribution in [2.75, 3.05) is 19.8 Å². The molecule has 3 atom stereocenters. The van der Waals surface area contributed by atoms with Gasteiger partial charge < -0.3 is 23.8 Å². The summed E-state index contributed by atoms with van der Waals surface area (Å²) < 4.78 is 23.3. The van der Waals surface area contributed by atoms with Gasteiger partial charge in [-0.25, -0.2) is 4.79 Å². The van der Waals surface area contributed by atoms with Gasteiger partial charge >= 0.3 is 6.09 Å². The van der Waals surface area contributed by atoms with Crippen LogP contribution in [0.1, 0.15) is 52.0 Å². The first kappa shape index (κ1) is 21.1. The Hall–Kier alpha value is -1.63. The molecule has 0 aromatic heterocycles. The smallest absolute Gasteiger partial charge is 0.410 e. The van der Waals surface area contributed by atoms with Crippen molar-refractivity contribution in [1.29, 1.82) is 0 Å². The van der Waals surface area contributed by atoms with Crippen molar-refractivity contribution in [2.45, 2.75) is 77.1 Å². The van der Waals surface area contributed by atoms with Gasteiger partial charge in [0.1, 0.15) is 5.60 Å². The highest BCUT2D eigenvalue weighted by atomic mass is 16.7. The second kappa shape index (κ2) is 9.72. The van der Waals surface area contributed by atoms with Crippen LogP contribution in [0.2, 0.25) is 0 Å². The average molecular weight is 392 g/mol. The molecule has 1 amide bonds. The van der Waals surface area contributed by atoms with Gasteiger partial charge in [-0.05, 0) is 52.0 Å². The molecule has 3 rings (SSSR count). The minimum absolute atomic E-state index is 0.0547. The standard InChI is InChI=1S/C22H33NO5/c1-22(2,3)28-21(24)23-14-19(27-20-11-7-8-12-26-20)13-18(23)16-25-15-17-9-5-4-6-10-17/h4-6,9-10,18-20H,7-8,11-16H2,1-3H3/t18-,19?,20?/m1/s1. The van der Waals surface area contributed by atoms with Gasteiger partial charge in [-0.15, -0.1) is 0 Å². The lowest BCUT2D eigenvalue weighted by atomic mass is 10.2. The number of rotatable bonds is 6. The third-order valence-corrected chi connectivity index (χ3v) is 4.91. The summed E-state index contributed by atoms with van der Waals surface area (Å²) in [6.07, 6.45) is 3.33. The topological polar surface area (TPSA) is 57.2 Å². The SMILES string of the molecule is CC(C)(C)OC(=O)N1CC(OC2CCCCO2)C[C@@H]1COCc1ccccc1. The van der Waals surface area contributed by atoms with E-state index in [1.807, 2.05) is 51.1 Å². The van der Waals surface area contributed by atoms with Gasteiger partial charge in [0, 0.05) is 6.61 Å². The molecule has 0 N–H and O–H groups in total. The van der Waals surface area contributed by atoms with Crippen LogP contribution < -0.4 is 0 Å². The maximum Gasteiger partial charge on any atom is 0.410 e. The summed E-state index contributed by atoms with van der Waals surface area (Å²) in [4.78, 5) is 14.5. The lowest BCUT2D eigenvalue weighted by molar-refractivity contribution is -0.185. The predicted octanol–water partition coefficient (Wildman–Crippen LogP) is 4.12. The fourth-order valence-corrected chi connectivity index (χ4v) is 3.59. The largest absolute Gasteiger partial charge is 0.444 e. The first-order valence-electron chi connectivity index (χ1n) is 10.3. The summed E-state index contributed by atoms with van der Waals surface area (Å²) in [5.41, 5.74) is 0.588. The van der Waals surface area contributed by atoms with Crippen LogP contribution in [0.25, 0.3) is 0 Å². The number of ether oxygens (including phenoxy) is 4. The van der Waals surface area contributed by atoms with E-state index < -0.39 is 5.60 Å². The maximum absolute atomic E-state index is 12.7. The lowest BCUT2D eigenvalue weighted by Crippen LogP contribution is -2.42. The minimum Gasteiger partial charge on any atom is -0.444 e. The number of amides is 1. The molecule has 0 radical (unpaired) electrons. The van der Waals surface area contributed by atoms with E-state index in [4.69, 9.17) is 18.9 Å². The fraction of sp³-hybridized carbons (Fsp3) is 0.682. The van der Waals surface area contributed by atoms with E-state index in [0.29, 0.717) is 19.8 Å². The molecular weight excluding hydrogens is 358 g/mol. The van der Waals surface area contributed by atoms with Crippen molar-refractivity contribution in [3.63, 3.8) is 0 Å². The second-order valence-corrected chi connectivity index (χ2v) is 8.58. The zero-order chi connectivity index (χ0) is 20.0. The molecule has 28 heavy (non-hydrogen) atoms. The highest BCUT2D eigenvalue weighted by Gasteiger charge is 2.39. The molecular formula is C22H33NO5. The molecule has 2 aliphatic rings. The summed E-state index contributed by atoms with van der Waals surface area (Å²) in [5.74, 6) is 0. The number of likely N-dealkylation sites (tertiary alicyclic amines) is 1. The van der Waals surface area contributed by atoms with Crippen LogP contribution >= 0.6 is 0 Å². The van der Waals surface area contributed by atoms with Crippen molar-refractivity contribution >= 4 is 6.09 Å². The molecule has 2 aliphatic heterocycles. The van der Waals surface area contributed by atoms with Crippen LogP contribution in [0.15, 0.2) is 30.3 Å². The number of benzene rings is 1. The zero-order valence-electron chi connectivity index (χ0n) is 17.3. The van der Waals surface area contributed by atoms with Gasteiger partial charge in [-0.1, -0.05) is 30.3 Å². The van der Waals surface area contributed by atoms with Gasteiger partial charge in [-0.3, -0.25) is 0 Å². The van der Waals surface area contributed by atoms with Gasteiger partial charge in [0.25, 0.3) is 0 Å². The van der Waals surface area contributed by atoms with Gasteiger partial charge in [0.2, 0.25) is 0 Å². The van der Waals surface area contributed by atoms with E-state index in [-0.39, 0.29) is 24.5 Å². The number of carbonyl (C=O) groups excluding carboxylic acids is 1. The molecule has 1 aromatic rings. The summed E-state index contributed by atoms with van der Waals surface area (Å²) >= 11 is 0. The molecule has 2 fully saturated rings. The number of hydrogen-bond donors (Lipinski definition) is 0. The van der Waals surface area contributed by atoms with Crippen LogP contribution in [0.4, 0.5) is 4.79 Å². The van der Waals surface area contributed by atoms with Crippen LogP contribution in [0.5, 0.6) is 0 Å². The van der Waals surface area contributed by atoms with E-state index in [1.165, 1.54) is 0 Å². The predicted molar refractivity (Wildman–Crippen MR) is 106 cm³/mol. The Bertz CT molecular complexity index is 609. The highest BCUT2D eigenvalue weighted by molar-refractivity contribution is 5.69. The summed E-state index contributed by atoms with van der Waals surface area (Å²) in [6.45, 7) is 7.88. The number of carbonyl (C=O) groups is 1. The van der Waals surface area contributed by atoms with Crippen molar-refractivity contribution in [3.05, 3.63) is 35.9 Å². The maximum atomic E-state index is 12.7. The van der Waals surface area contributed by atoms with Crippen LogP contribution in [0, 0.1) is 0 Å². The summed E-state index contributed by atoms with van der Waals surface area (Å²) in [7, 11) is 0. The monoisotopic (exact) mass is 391 g/mol. The Kier molecular flexibility index (Phi) is 7.32. The Morgan fingerprint density at radius 2 is 2.00 bits per heavy atom. The number of nitrogens with zero attached hydrogens (tertiary/aromatic N) is 1. The van der Waals surface area contributed by atoms with E-state index >= 15 is 0 Å². The third kappa shape index (κ3) is 6.47. The van der Waals surface area contributed by atoms with E-state index in [9.17, 15) is 4.79 Å². The fourth-order valence-electron chi connectivity index (χ4n) is 3.59. The zero-order valence-corrected chi connectivity index (χ0v) is 17.3. The van der Waals surface area contributed by atoms with E-state index in [2.05, 4.69) is 0 Å². The summed E-state index contributed by atoms with van der Waals surface area (Å²) in [5, 5.41) is 0. The second-order valence-electron chi connectivity index (χ2n) is 8.58. The first-order chi connectivity index (χ1) is 13.4. The third-order valence-electron chi connectivity index (χ3n) is 4.91. The molecule has 156 valence electrons. The molecule has 1 aromatic carbocycles. The summed E-state index contributed by atoms with van der Waals surface area (Å²) in [6, 6.07) is 9.98. The highest BCUT2D eigenvalue weighted by Crippen LogP contribution is 2.26. The molecule has 6 nitrogen and oxygen atoms in total. The number of hydrogen-bond acceptors (Lipinski definition) is 5. The Balaban J connectivity index is 1.57. The molecule has 0 saturated carbocycles. The van der Waals surface area contributed by atoms with Crippen molar-refractivity contribution < 1.29 is 23.7 Å². The first-order valence-corrected chi connectivity index (χ1v) is 10.3. The van der Waals surface area contributed by atoms with Gasteiger partial charge in [0.05, 0.1) is 31.9 Å². The Morgan fingerprint density at radius 3 is 2.68 bits per heavy atom. The molecule has 6 heteroatoms. The molecule has 0 bridgehead atoms. The van der Waals surface area contributed by atoms with E-state index in [1.54, 1.807) is 4.90 Å². The lowest BCUT2D eigenvalue weighted by Gasteiger charge is -2.28. The van der Waals surface area contributed by atoms with Crippen LogP contribution in [-0.4, -0.2) is 54.8 Å². The van der Waals surface area contributed by atoms with Gasteiger partial charge in [-0.2, -0.15) is 0 Å². The average Bonchev–Trinajstić information content (AvgIpc) is 3.05. The Labute approximate surface area is 168 Å². The molecule has 0 aliphatic carbocycles. The van der Waals surface area contributed by atoms with Crippen molar-refractivity contribution in [1.82, 2.24) is 4.90 Å². The van der Waals surface area contributed by atoms with E-state index in [0.717, 1.165) is 37.9 Å². The van der Waals surface area contributed by atoms with Crippen LogP contribution in [-0.2, 0) is 25.6 Å². The van der Waals surface area contributed by atoms with Crippen molar-refractivity contribution in [2.24, 2.45) is 0 Å². The van der Waals surface area contributed by atoms with Crippen molar-refractivity contribution in [3.8, 4) is 0 Å². The minimum atomic E-state index is -0.530. The normalized spacial score (nSPS) is 25.7. The molecule has 2 unspecified atom stereocenters. The van der Waals surface area contributed by atoms with Crippen LogP contribution in [0.3, 0.4) is 0 Å². The van der Waals surface area contributed by atoms with Gasteiger partial charge in [0.15, 0.2) is 6.29 Å². The molecule has 2 saturated heterocycles. The molecule has 2 heterocycles. The quantitative estimate of drug-likeness (QED) is 0.730. The Morgan fingerprint density at radius 1 is 1.21 bits per heavy atom. The molecule has 0 spiro atoms.